The molecule has 0 saturated carbocycles. The first-order valence-corrected chi connectivity index (χ1v) is 11.0. The number of alkyl halides is 3. The third-order valence-electron chi connectivity index (χ3n) is 4.69. The second kappa shape index (κ2) is 7.00. The van der Waals surface area contributed by atoms with E-state index in [1.165, 1.54) is 48.0 Å². The van der Waals surface area contributed by atoms with Crippen molar-refractivity contribution in [1.82, 2.24) is 3.97 Å². The van der Waals surface area contributed by atoms with E-state index in [1.807, 2.05) is 13.0 Å². The van der Waals surface area contributed by atoms with Gasteiger partial charge in [0.15, 0.2) is 0 Å². The van der Waals surface area contributed by atoms with Crippen molar-refractivity contribution in [3.63, 3.8) is 0 Å². The van der Waals surface area contributed by atoms with Gasteiger partial charge in [-0.2, -0.15) is 18.4 Å². The summed E-state index contributed by atoms with van der Waals surface area (Å²) in [7, 11) is -4.06. The zero-order valence-corrected chi connectivity index (χ0v) is 17.1. The second-order valence-corrected chi connectivity index (χ2v) is 9.39. The fraction of sp³-hybridized carbons (Fsp3) is 0.0952. The molecule has 0 aliphatic carbocycles. The second-order valence-electron chi connectivity index (χ2n) is 6.66. The zero-order valence-electron chi connectivity index (χ0n) is 15.4. The van der Waals surface area contributed by atoms with Crippen LogP contribution in [0.5, 0.6) is 0 Å². The van der Waals surface area contributed by atoms with Crippen LogP contribution in [0.3, 0.4) is 0 Å². The van der Waals surface area contributed by atoms with Crippen molar-refractivity contribution < 1.29 is 21.6 Å². The summed E-state index contributed by atoms with van der Waals surface area (Å²) in [5.74, 6) is 0. The van der Waals surface area contributed by atoms with Crippen LogP contribution in [0.1, 0.15) is 16.0 Å². The van der Waals surface area contributed by atoms with Crippen LogP contribution >= 0.6 is 11.3 Å². The van der Waals surface area contributed by atoms with E-state index in [0.29, 0.717) is 11.3 Å². The van der Waals surface area contributed by atoms with Gasteiger partial charge >= 0.3 is 6.18 Å². The minimum Gasteiger partial charge on any atom is -0.241 e. The van der Waals surface area contributed by atoms with E-state index >= 15 is 0 Å². The van der Waals surface area contributed by atoms with Crippen molar-refractivity contribution in [3.8, 4) is 17.2 Å². The minimum atomic E-state index is -4.58. The van der Waals surface area contributed by atoms with Gasteiger partial charge in [-0.3, -0.25) is 0 Å². The highest BCUT2D eigenvalue weighted by molar-refractivity contribution is 7.90. The third-order valence-corrected chi connectivity index (χ3v) is 7.34. The third kappa shape index (κ3) is 3.28. The summed E-state index contributed by atoms with van der Waals surface area (Å²) in [6.07, 6.45) is -3.39. The van der Waals surface area contributed by atoms with Crippen LogP contribution in [0, 0.1) is 18.3 Å². The zero-order chi connectivity index (χ0) is 21.7. The summed E-state index contributed by atoms with van der Waals surface area (Å²) in [6.45, 7) is 1.82. The van der Waals surface area contributed by atoms with Gasteiger partial charge in [-0.15, -0.1) is 11.3 Å². The first kappa shape index (κ1) is 20.2. The van der Waals surface area contributed by atoms with Crippen LogP contribution < -0.4 is 0 Å². The van der Waals surface area contributed by atoms with Crippen molar-refractivity contribution in [1.29, 1.82) is 5.26 Å². The molecular weight excluding hydrogens is 433 g/mol. The van der Waals surface area contributed by atoms with E-state index in [4.69, 9.17) is 0 Å². The molecule has 0 aliphatic rings. The van der Waals surface area contributed by atoms with Crippen LogP contribution in [0.25, 0.3) is 22.0 Å². The van der Waals surface area contributed by atoms with Crippen molar-refractivity contribution in [3.05, 3.63) is 76.1 Å². The number of nitriles is 1. The summed E-state index contributed by atoms with van der Waals surface area (Å²) in [6, 6.07) is 13.7. The molecule has 0 unspecified atom stereocenters. The van der Waals surface area contributed by atoms with Gasteiger partial charge in [0.2, 0.25) is 0 Å². The van der Waals surface area contributed by atoms with E-state index in [1.54, 1.807) is 12.1 Å². The largest absolute Gasteiger partial charge is 0.426 e. The molecule has 0 spiro atoms. The number of fused-ring (bicyclic) bond motifs is 1. The summed E-state index contributed by atoms with van der Waals surface area (Å²) in [5, 5.41) is 10.8. The Labute approximate surface area is 174 Å². The summed E-state index contributed by atoms with van der Waals surface area (Å²) in [5.41, 5.74) is 1.28. The molecule has 0 fully saturated rings. The molecule has 0 atom stereocenters. The number of rotatable bonds is 3. The Kier molecular flexibility index (Phi) is 4.71. The summed E-state index contributed by atoms with van der Waals surface area (Å²) >= 11 is 0.536. The lowest BCUT2D eigenvalue weighted by Gasteiger charge is -2.08. The molecule has 0 bridgehead atoms. The number of aryl methyl sites for hydroxylation is 1. The predicted octanol–water partition coefficient (Wildman–Crippen LogP) is 5.81. The molecule has 0 amide bonds. The first-order valence-electron chi connectivity index (χ1n) is 8.65. The van der Waals surface area contributed by atoms with Crippen LogP contribution in [0.4, 0.5) is 13.2 Å². The Hall–Kier alpha value is -3.09. The van der Waals surface area contributed by atoms with E-state index in [9.17, 15) is 26.9 Å². The van der Waals surface area contributed by atoms with Crippen molar-refractivity contribution in [2.45, 2.75) is 18.0 Å². The number of hydrogen-bond donors (Lipinski definition) is 0. The van der Waals surface area contributed by atoms with Crippen LogP contribution in [-0.4, -0.2) is 12.4 Å². The van der Waals surface area contributed by atoms with Gasteiger partial charge in [0.1, 0.15) is 4.88 Å². The van der Waals surface area contributed by atoms with Gasteiger partial charge in [-0.1, -0.05) is 17.7 Å². The molecule has 2 heterocycles. The normalized spacial score (nSPS) is 12.2. The molecule has 0 saturated heterocycles. The SMILES string of the molecule is Cc1ccc(S(=O)(=O)n2cc(-c3ccsc3C(F)(F)F)c3cc(C#N)ccc32)cc1. The van der Waals surface area contributed by atoms with Crippen molar-refractivity contribution >= 4 is 32.3 Å². The maximum absolute atomic E-state index is 13.5. The molecular formula is C21H13F3N2O2S2. The number of benzene rings is 2. The molecule has 0 aliphatic heterocycles. The molecule has 2 aromatic heterocycles. The van der Waals surface area contributed by atoms with Gasteiger partial charge in [0.05, 0.1) is 22.0 Å². The molecule has 4 nitrogen and oxygen atoms in total. The van der Waals surface area contributed by atoms with Crippen LogP contribution in [-0.2, 0) is 16.2 Å². The minimum absolute atomic E-state index is 0.0160. The smallest absolute Gasteiger partial charge is 0.241 e. The fourth-order valence-electron chi connectivity index (χ4n) is 3.25. The molecule has 4 aromatic rings. The number of nitrogens with zero attached hydrogens (tertiary/aromatic N) is 2. The Morgan fingerprint density at radius 3 is 2.37 bits per heavy atom. The fourth-order valence-corrected chi connectivity index (χ4v) is 5.40. The molecule has 0 radical (unpaired) electrons. The lowest BCUT2D eigenvalue weighted by Crippen LogP contribution is -2.11. The van der Waals surface area contributed by atoms with Gasteiger partial charge in [0.25, 0.3) is 10.0 Å². The maximum atomic E-state index is 13.5. The number of thiophene rings is 1. The van der Waals surface area contributed by atoms with Gasteiger partial charge < -0.3 is 0 Å². The average molecular weight is 446 g/mol. The molecule has 152 valence electrons. The van der Waals surface area contributed by atoms with Crippen molar-refractivity contribution in [2.75, 3.05) is 0 Å². The molecule has 9 heteroatoms. The highest BCUT2D eigenvalue weighted by Crippen LogP contribution is 2.44. The van der Waals surface area contributed by atoms with E-state index in [2.05, 4.69) is 0 Å². The highest BCUT2D eigenvalue weighted by atomic mass is 32.2. The Bertz CT molecular complexity index is 1410. The topological polar surface area (TPSA) is 62.9 Å². The molecule has 30 heavy (non-hydrogen) atoms. The average Bonchev–Trinajstić information content (AvgIpc) is 3.32. The van der Waals surface area contributed by atoms with E-state index in [-0.39, 0.29) is 32.5 Å². The number of hydrogen-bond acceptors (Lipinski definition) is 4. The number of aromatic nitrogens is 1. The van der Waals surface area contributed by atoms with Gasteiger partial charge in [-0.05, 0) is 48.7 Å². The monoisotopic (exact) mass is 446 g/mol. The number of halogens is 3. The van der Waals surface area contributed by atoms with E-state index in [0.717, 1.165) is 9.54 Å². The molecule has 0 N–H and O–H groups in total. The lowest BCUT2D eigenvalue weighted by molar-refractivity contribution is -0.133. The Morgan fingerprint density at radius 2 is 1.73 bits per heavy atom. The maximum Gasteiger partial charge on any atom is 0.426 e. The predicted molar refractivity (Wildman–Crippen MR) is 109 cm³/mol. The first-order chi connectivity index (χ1) is 14.1. The Balaban J connectivity index is 2.04. The van der Waals surface area contributed by atoms with Crippen molar-refractivity contribution in [2.24, 2.45) is 0 Å². The summed E-state index contributed by atoms with van der Waals surface area (Å²) in [4.78, 5) is -0.807. The van der Waals surface area contributed by atoms with E-state index < -0.39 is 21.1 Å². The standard InChI is InChI=1S/C21H13F3N2O2S2/c1-13-2-5-15(6-3-13)30(27,28)26-12-18(16-8-9-29-20(16)21(22,23)24)17-10-14(11-25)4-7-19(17)26/h2-10,12H,1H3. The van der Waals surface area contributed by atoms with Gasteiger partial charge in [-0.25, -0.2) is 12.4 Å². The summed E-state index contributed by atoms with van der Waals surface area (Å²) < 4.78 is 68.0. The highest BCUT2D eigenvalue weighted by Gasteiger charge is 2.36. The quantitative estimate of drug-likeness (QED) is 0.399. The van der Waals surface area contributed by atoms with Gasteiger partial charge in [0, 0.05) is 22.7 Å². The van der Waals surface area contributed by atoms with Crippen LogP contribution in [0.2, 0.25) is 0 Å². The molecule has 2 aromatic carbocycles. The Morgan fingerprint density at radius 1 is 1.03 bits per heavy atom. The van der Waals surface area contributed by atoms with Crippen LogP contribution in [0.15, 0.2) is 65.0 Å². The molecule has 4 rings (SSSR count). The lowest BCUT2D eigenvalue weighted by atomic mass is 10.0.